The fourth-order valence-corrected chi connectivity index (χ4v) is 4.62. The summed E-state index contributed by atoms with van der Waals surface area (Å²) in [5.41, 5.74) is 3.68. The van der Waals surface area contributed by atoms with E-state index in [0.717, 1.165) is 17.2 Å². The molecule has 3 heterocycles. The number of hydrogen-bond donors (Lipinski definition) is 1. The SMILES string of the molecule is Cc1nc2scc(C)n2c1CNC(c1cccs1)C(C)C. The number of fused-ring (bicyclic) bond motifs is 1. The van der Waals surface area contributed by atoms with Gasteiger partial charge in [0.15, 0.2) is 4.96 Å². The van der Waals surface area contributed by atoms with Gasteiger partial charge in [-0.2, -0.15) is 0 Å². The Kier molecular flexibility index (Phi) is 4.15. The Morgan fingerprint density at radius 3 is 2.76 bits per heavy atom. The van der Waals surface area contributed by atoms with E-state index < -0.39 is 0 Å². The predicted octanol–water partition coefficient (Wildman–Crippen LogP) is 4.56. The van der Waals surface area contributed by atoms with Crippen LogP contribution in [0.5, 0.6) is 0 Å². The van der Waals surface area contributed by atoms with Gasteiger partial charge in [0, 0.05) is 28.5 Å². The Hall–Kier alpha value is -1.17. The monoisotopic (exact) mass is 319 g/mol. The molecule has 0 saturated heterocycles. The summed E-state index contributed by atoms with van der Waals surface area (Å²) < 4.78 is 2.28. The molecule has 0 spiro atoms. The van der Waals surface area contributed by atoms with Gasteiger partial charge in [-0.15, -0.1) is 22.7 Å². The van der Waals surface area contributed by atoms with Crippen LogP contribution in [-0.4, -0.2) is 9.38 Å². The lowest BCUT2D eigenvalue weighted by atomic mass is 10.0. The van der Waals surface area contributed by atoms with Crippen LogP contribution in [0, 0.1) is 19.8 Å². The molecule has 21 heavy (non-hydrogen) atoms. The molecule has 1 atom stereocenters. The van der Waals surface area contributed by atoms with Crippen molar-refractivity contribution in [2.24, 2.45) is 5.92 Å². The quantitative estimate of drug-likeness (QED) is 0.747. The highest BCUT2D eigenvalue weighted by atomic mass is 32.1. The second-order valence-electron chi connectivity index (χ2n) is 5.76. The second-order valence-corrected chi connectivity index (χ2v) is 7.57. The minimum Gasteiger partial charge on any atom is -0.303 e. The Balaban J connectivity index is 1.85. The first-order valence-corrected chi connectivity index (χ1v) is 9.02. The number of nitrogens with zero attached hydrogens (tertiary/aromatic N) is 2. The van der Waals surface area contributed by atoms with Crippen molar-refractivity contribution in [3.8, 4) is 0 Å². The third kappa shape index (κ3) is 2.78. The molecule has 1 N–H and O–H groups in total. The van der Waals surface area contributed by atoms with Crippen LogP contribution in [-0.2, 0) is 6.54 Å². The molecule has 0 aliphatic rings. The van der Waals surface area contributed by atoms with E-state index in [4.69, 9.17) is 0 Å². The number of thiazole rings is 1. The molecule has 5 heteroatoms. The molecule has 112 valence electrons. The summed E-state index contributed by atoms with van der Waals surface area (Å²) in [6, 6.07) is 4.74. The summed E-state index contributed by atoms with van der Waals surface area (Å²) in [4.78, 5) is 7.17. The number of aromatic nitrogens is 2. The Bertz CT molecular complexity index is 722. The molecule has 0 saturated carbocycles. The first-order valence-electron chi connectivity index (χ1n) is 7.26. The molecule has 1 unspecified atom stereocenters. The van der Waals surface area contributed by atoms with Gasteiger partial charge < -0.3 is 5.32 Å². The molecular formula is C16H21N3S2. The largest absolute Gasteiger partial charge is 0.303 e. The van der Waals surface area contributed by atoms with Crippen molar-refractivity contribution in [2.75, 3.05) is 0 Å². The van der Waals surface area contributed by atoms with Gasteiger partial charge in [0.05, 0.1) is 11.4 Å². The van der Waals surface area contributed by atoms with E-state index in [-0.39, 0.29) is 0 Å². The van der Waals surface area contributed by atoms with Crippen molar-refractivity contribution in [1.29, 1.82) is 0 Å². The number of imidazole rings is 1. The first kappa shape index (κ1) is 14.8. The third-order valence-corrected chi connectivity index (χ3v) is 5.73. The summed E-state index contributed by atoms with van der Waals surface area (Å²) in [7, 11) is 0. The Morgan fingerprint density at radius 1 is 1.29 bits per heavy atom. The lowest BCUT2D eigenvalue weighted by Gasteiger charge is -2.21. The molecule has 0 aromatic carbocycles. The summed E-state index contributed by atoms with van der Waals surface area (Å²) in [6.45, 7) is 9.64. The van der Waals surface area contributed by atoms with Gasteiger partial charge in [0.25, 0.3) is 0 Å². The van der Waals surface area contributed by atoms with Gasteiger partial charge in [0.1, 0.15) is 0 Å². The molecule has 3 rings (SSSR count). The van der Waals surface area contributed by atoms with Crippen LogP contribution in [0.1, 0.15) is 41.8 Å². The second kappa shape index (κ2) is 5.91. The maximum Gasteiger partial charge on any atom is 0.194 e. The third-order valence-electron chi connectivity index (χ3n) is 3.84. The van der Waals surface area contributed by atoms with E-state index in [1.165, 1.54) is 16.3 Å². The van der Waals surface area contributed by atoms with E-state index in [0.29, 0.717) is 12.0 Å². The Morgan fingerprint density at radius 2 is 2.10 bits per heavy atom. The summed E-state index contributed by atoms with van der Waals surface area (Å²) in [6.07, 6.45) is 0. The molecule has 0 bridgehead atoms. The van der Waals surface area contributed by atoms with Crippen molar-refractivity contribution in [3.05, 3.63) is 44.9 Å². The molecule has 3 nitrogen and oxygen atoms in total. The first-order chi connectivity index (χ1) is 10.1. The molecule has 0 aliphatic carbocycles. The number of thiophene rings is 1. The molecular weight excluding hydrogens is 298 g/mol. The van der Waals surface area contributed by atoms with E-state index >= 15 is 0 Å². The van der Waals surface area contributed by atoms with Crippen LogP contribution in [0.2, 0.25) is 0 Å². The van der Waals surface area contributed by atoms with Crippen LogP contribution < -0.4 is 5.32 Å². The van der Waals surface area contributed by atoms with Crippen LogP contribution >= 0.6 is 22.7 Å². The highest BCUT2D eigenvalue weighted by Gasteiger charge is 2.18. The van der Waals surface area contributed by atoms with Crippen molar-refractivity contribution >= 4 is 27.6 Å². The average molecular weight is 319 g/mol. The van der Waals surface area contributed by atoms with Crippen LogP contribution in [0.15, 0.2) is 22.9 Å². The van der Waals surface area contributed by atoms with Crippen LogP contribution in [0.4, 0.5) is 0 Å². The van der Waals surface area contributed by atoms with Gasteiger partial charge in [0.2, 0.25) is 0 Å². The lowest BCUT2D eigenvalue weighted by molar-refractivity contribution is 0.413. The normalized spacial score (nSPS) is 13.4. The summed E-state index contributed by atoms with van der Waals surface area (Å²) >= 11 is 3.54. The molecule has 3 aromatic heterocycles. The van der Waals surface area contributed by atoms with Crippen molar-refractivity contribution < 1.29 is 0 Å². The van der Waals surface area contributed by atoms with Gasteiger partial charge in [-0.3, -0.25) is 4.40 Å². The highest BCUT2D eigenvalue weighted by Crippen LogP contribution is 2.27. The minimum absolute atomic E-state index is 0.397. The average Bonchev–Trinajstić information content (AvgIpc) is 3.11. The van der Waals surface area contributed by atoms with E-state index in [2.05, 4.69) is 65.3 Å². The molecule has 0 fully saturated rings. The maximum atomic E-state index is 4.66. The van der Waals surface area contributed by atoms with Gasteiger partial charge >= 0.3 is 0 Å². The fraction of sp³-hybridized carbons (Fsp3) is 0.438. The number of aryl methyl sites for hydroxylation is 2. The Labute approximate surface area is 133 Å². The zero-order valence-corrected chi connectivity index (χ0v) is 14.5. The van der Waals surface area contributed by atoms with Crippen molar-refractivity contribution in [2.45, 2.75) is 40.3 Å². The lowest BCUT2D eigenvalue weighted by Crippen LogP contribution is -2.25. The number of hydrogen-bond acceptors (Lipinski definition) is 4. The summed E-state index contributed by atoms with van der Waals surface area (Å²) in [5, 5.41) is 8.05. The number of nitrogens with one attached hydrogen (secondary N) is 1. The van der Waals surface area contributed by atoms with Gasteiger partial charge in [-0.05, 0) is 31.2 Å². The molecule has 0 aliphatic heterocycles. The number of rotatable bonds is 5. The van der Waals surface area contributed by atoms with Crippen LogP contribution in [0.3, 0.4) is 0 Å². The van der Waals surface area contributed by atoms with Crippen LogP contribution in [0.25, 0.3) is 4.96 Å². The minimum atomic E-state index is 0.397. The van der Waals surface area contributed by atoms with Crippen molar-refractivity contribution in [1.82, 2.24) is 14.7 Å². The highest BCUT2D eigenvalue weighted by molar-refractivity contribution is 7.15. The zero-order valence-electron chi connectivity index (χ0n) is 12.9. The van der Waals surface area contributed by atoms with Gasteiger partial charge in [-0.25, -0.2) is 4.98 Å². The van der Waals surface area contributed by atoms with Gasteiger partial charge in [-0.1, -0.05) is 19.9 Å². The maximum absolute atomic E-state index is 4.66. The predicted molar refractivity (Wildman–Crippen MR) is 91.3 cm³/mol. The van der Waals surface area contributed by atoms with E-state index in [9.17, 15) is 0 Å². The van der Waals surface area contributed by atoms with E-state index in [1.54, 1.807) is 11.3 Å². The molecule has 3 aromatic rings. The van der Waals surface area contributed by atoms with E-state index in [1.807, 2.05) is 11.3 Å². The molecule has 0 amide bonds. The topological polar surface area (TPSA) is 29.3 Å². The smallest absolute Gasteiger partial charge is 0.194 e. The zero-order chi connectivity index (χ0) is 15.0. The standard InChI is InChI=1S/C16H21N3S2/c1-10(2)15(14-6-5-7-20-14)17-8-13-12(4)18-16-19(13)11(3)9-21-16/h5-7,9-10,15,17H,8H2,1-4H3. The van der Waals surface area contributed by atoms with Crippen molar-refractivity contribution in [3.63, 3.8) is 0 Å². The summed E-state index contributed by atoms with van der Waals surface area (Å²) in [5.74, 6) is 0.566. The molecule has 0 radical (unpaired) electrons. The fourth-order valence-electron chi connectivity index (χ4n) is 2.72.